The Morgan fingerprint density at radius 2 is 2.33 bits per heavy atom. The number of nitriles is 1. The molecule has 18 heavy (non-hydrogen) atoms. The third-order valence-electron chi connectivity index (χ3n) is 2.84. The number of nitrogens with zero attached hydrogens (tertiary/aromatic N) is 2. The van der Waals surface area contributed by atoms with Crippen LogP contribution < -0.4 is 0 Å². The molecule has 98 valence electrons. The van der Waals surface area contributed by atoms with Crippen LogP contribution in [0, 0.1) is 11.3 Å². The predicted octanol–water partition coefficient (Wildman–Crippen LogP) is 2.14. The number of thiophene rings is 1. The quantitative estimate of drug-likeness (QED) is 0.858. The molecule has 1 unspecified atom stereocenters. The fraction of sp³-hybridized carbons (Fsp3) is 0.545. The molecule has 7 heteroatoms. The van der Waals surface area contributed by atoms with Gasteiger partial charge in [-0.15, -0.1) is 11.3 Å². The van der Waals surface area contributed by atoms with Crippen molar-refractivity contribution >= 4 is 33.1 Å². The molecule has 0 amide bonds. The van der Waals surface area contributed by atoms with E-state index in [9.17, 15) is 8.42 Å². The van der Waals surface area contributed by atoms with Gasteiger partial charge in [0.15, 0.2) is 0 Å². The molecule has 4 nitrogen and oxygen atoms in total. The molecule has 2 rings (SSSR count). The van der Waals surface area contributed by atoms with Gasteiger partial charge in [-0.1, -0.05) is 6.92 Å². The molecule has 0 aliphatic carbocycles. The van der Waals surface area contributed by atoms with E-state index in [0.29, 0.717) is 23.2 Å². The Bertz CT molecular complexity index is 559. The molecule has 0 saturated carbocycles. The van der Waals surface area contributed by atoms with Crippen LogP contribution >= 0.6 is 23.1 Å². The SMILES string of the molecule is CCC1CN(S(=O)(=O)c2ccc(C#N)s2)CCS1. The molecule has 1 saturated heterocycles. The highest BCUT2D eigenvalue weighted by Gasteiger charge is 2.30. The van der Waals surface area contributed by atoms with Gasteiger partial charge in [-0.25, -0.2) is 8.42 Å². The molecule has 1 aromatic rings. The van der Waals surface area contributed by atoms with Gasteiger partial charge in [0, 0.05) is 24.1 Å². The Labute approximate surface area is 116 Å². The van der Waals surface area contributed by atoms with E-state index in [1.807, 2.05) is 17.8 Å². The Morgan fingerprint density at radius 3 is 2.94 bits per heavy atom. The molecular formula is C11H14N2O2S3. The molecule has 1 atom stereocenters. The van der Waals surface area contributed by atoms with Crippen molar-refractivity contribution in [1.29, 1.82) is 5.26 Å². The minimum atomic E-state index is -3.41. The summed E-state index contributed by atoms with van der Waals surface area (Å²) in [5, 5.41) is 9.13. The number of thioether (sulfide) groups is 1. The highest BCUT2D eigenvalue weighted by molar-refractivity contribution is 8.00. The summed E-state index contributed by atoms with van der Waals surface area (Å²) in [6.07, 6.45) is 0.977. The molecule has 0 radical (unpaired) electrons. The maximum absolute atomic E-state index is 12.4. The van der Waals surface area contributed by atoms with Crippen LogP contribution in [0.15, 0.2) is 16.3 Å². The van der Waals surface area contributed by atoms with Crippen LogP contribution in [0.5, 0.6) is 0 Å². The lowest BCUT2D eigenvalue weighted by atomic mass is 10.3. The number of hydrogen-bond acceptors (Lipinski definition) is 5. The third kappa shape index (κ3) is 2.72. The Morgan fingerprint density at radius 1 is 1.56 bits per heavy atom. The summed E-state index contributed by atoms with van der Waals surface area (Å²) in [6, 6.07) is 5.07. The molecule has 0 N–H and O–H groups in total. The standard InChI is InChI=1S/C11H14N2O2S3/c1-2-9-8-13(5-6-16-9)18(14,15)11-4-3-10(7-12)17-11/h3-4,9H,2,5-6,8H2,1H3. The first-order valence-corrected chi connectivity index (χ1v) is 9.00. The van der Waals surface area contributed by atoms with E-state index < -0.39 is 10.0 Å². The predicted molar refractivity (Wildman–Crippen MR) is 74.3 cm³/mol. The molecule has 2 heterocycles. The van der Waals surface area contributed by atoms with Crippen LogP contribution in [0.25, 0.3) is 0 Å². The van der Waals surface area contributed by atoms with Crippen LogP contribution in [0.2, 0.25) is 0 Å². The van der Waals surface area contributed by atoms with Crippen LogP contribution in [0.4, 0.5) is 0 Å². The molecule has 1 fully saturated rings. The fourth-order valence-corrected chi connectivity index (χ4v) is 5.94. The zero-order valence-corrected chi connectivity index (χ0v) is 12.4. The van der Waals surface area contributed by atoms with Gasteiger partial charge in [-0.3, -0.25) is 0 Å². The molecule has 0 aromatic carbocycles. The van der Waals surface area contributed by atoms with Gasteiger partial charge in [0.2, 0.25) is 0 Å². The maximum atomic E-state index is 12.4. The molecule has 1 aromatic heterocycles. The summed E-state index contributed by atoms with van der Waals surface area (Å²) in [4.78, 5) is 0.437. The summed E-state index contributed by atoms with van der Waals surface area (Å²) in [5.74, 6) is 0.841. The lowest BCUT2D eigenvalue weighted by Gasteiger charge is -2.30. The van der Waals surface area contributed by atoms with Crippen molar-refractivity contribution in [2.45, 2.75) is 22.8 Å². The maximum Gasteiger partial charge on any atom is 0.252 e. The van der Waals surface area contributed by atoms with Crippen LogP contribution in [0.1, 0.15) is 18.2 Å². The van der Waals surface area contributed by atoms with E-state index in [0.717, 1.165) is 23.5 Å². The Balaban J connectivity index is 2.23. The molecule has 0 bridgehead atoms. The first-order chi connectivity index (χ1) is 8.57. The summed E-state index contributed by atoms with van der Waals surface area (Å²) in [5.41, 5.74) is 0. The van der Waals surface area contributed by atoms with Crippen molar-refractivity contribution in [1.82, 2.24) is 4.31 Å². The molecular weight excluding hydrogens is 288 g/mol. The zero-order valence-electron chi connectivity index (χ0n) is 10.00. The van der Waals surface area contributed by atoms with E-state index in [-0.39, 0.29) is 4.21 Å². The normalized spacial score (nSPS) is 21.7. The highest BCUT2D eigenvalue weighted by Crippen LogP contribution is 2.29. The average Bonchev–Trinajstić information content (AvgIpc) is 2.88. The van der Waals surface area contributed by atoms with Gasteiger partial charge in [0.25, 0.3) is 10.0 Å². The molecule has 0 spiro atoms. The lowest BCUT2D eigenvalue weighted by molar-refractivity contribution is 0.417. The van der Waals surface area contributed by atoms with Crippen LogP contribution in [-0.4, -0.2) is 36.8 Å². The third-order valence-corrected chi connectivity index (χ3v) is 7.54. The van der Waals surface area contributed by atoms with Crippen LogP contribution in [-0.2, 0) is 10.0 Å². The summed E-state index contributed by atoms with van der Waals surface area (Å²) >= 11 is 2.88. The van der Waals surface area contributed by atoms with Gasteiger partial charge >= 0.3 is 0 Å². The molecule has 1 aliphatic rings. The number of rotatable bonds is 3. The first-order valence-electron chi connectivity index (χ1n) is 5.69. The molecule has 1 aliphatic heterocycles. The monoisotopic (exact) mass is 302 g/mol. The number of hydrogen-bond donors (Lipinski definition) is 0. The van der Waals surface area contributed by atoms with Crippen molar-refractivity contribution in [3.63, 3.8) is 0 Å². The second-order valence-corrected chi connectivity index (χ2v) is 8.65. The average molecular weight is 302 g/mol. The van der Waals surface area contributed by atoms with E-state index in [2.05, 4.69) is 6.92 Å². The number of sulfonamides is 1. The van der Waals surface area contributed by atoms with Gasteiger partial charge in [-0.2, -0.15) is 21.3 Å². The summed E-state index contributed by atoms with van der Waals surface area (Å²) in [6.45, 7) is 3.21. The van der Waals surface area contributed by atoms with Crippen LogP contribution in [0.3, 0.4) is 0 Å². The highest BCUT2D eigenvalue weighted by atomic mass is 32.2. The zero-order chi connectivity index (χ0) is 13.2. The Hall–Kier alpha value is -0.550. The largest absolute Gasteiger partial charge is 0.252 e. The second kappa shape index (κ2) is 5.61. The second-order valence-electron chi connectivity index (χ2n) is 3.99. The van der Waals surface area contributed by atoms with E-state index in [4.69, 9.17) is 5.26 Å². The van der Waals surface area contributed by atoms with Gasteiger partial charge in [0.1, 0.15) is 15.2 Å². The summed E-state index contributed by atoms with van der Waals surface area (Å²) < 4.78 is 26.6. The minimum Gasteiger partial charge on any atom is -0.206 e. The van der Waals surface area contributed by atoms with Gasteiger partial charge in [0.05, 0.1) is 0 Å². The van der Waals surface area contributed by atoms with E-state index in [1.165, 1.54) is 6.07 Å². The van der Waals surface area contributed by atoms with E-state index >= 15 is 0 Å². The van der Waals surface area contributed by atoms with Crippen molar-refractivity contribution in [2.75, 3.05) is 18.8 Å². The lowest BCUT2D eigenvalue weighted by Crippen LogP contribution is -2.41. The van der Waals surface area contributed by atoms with Gasteiger partial charge in [-0.05, 0) is 18.6 Å². The smallest absolute Gasteiger partial charge is 0.206 e. The van der Waals surface area contributed by atoms with Crippen molar-refractivity contribution in [2.24, 2.45) is 0 Å². The minimum absolute atomic E-state index is 0.279. The fourth-order valence-electron chi connectivity index (χ4n) is 1.80. The Kier molecular flexibility index (Phi) is 4.33. The van der Waals surface area contributed by atoms with Crippen molar-refractivity contribution in [3.05, 3.63) is 17.0 Å². The van der Waals surface area contributed by atoms with Gasteiger partial charge < -0.3 is 0 Å². The van der Waals surface area contributed by atoms with Crippen molar-refractivity contribution in [3.8, 4) is 6.07 Å². The topological polar surface area (TPSA) is 61.2 Å². The first kappa shape index (κ1) is 13.9. The summed E-state index contributed by atoms with van der Waals surface area (Å²) in [7, 11) is -3.41. The van der Waals surface area contributed by atoms with Crippen molar-refractivity contribution < 1.29 is 8.42 Å². The van der Waals surface area contributed by atoms with E-state index in [1.54, 1.807) is 10.4 Å².